The number of phenolic OH excluding ortho intramolecular Hbond substituents is 1. The normalized spacial score (nSPS) is 18.9. The summed E-state index contributed by atoms with van der Waals surface area (Å²) < 4.78 is 6.90. The number of benzene rings is 4. The molecule has 0 spiro atoms. The topological polar surface area (TPSA) is 46.5 Å². The van der Waals surface area contributed by atoms with Gasteiger partial charge in [-0.25, -0.2) is 4.79 Å². The lowest BCUT2D eigenvalue weighted by Gasteiger charge is -2.40. The molecule has 3 nitrogen and oxygen atoms in total. The largest absolute Gasteiger partial charge is 0.507 e. The highest BCUT2D eigenvalue weighted by atomic mass is 32.3. The SMILES string of the molecule is O=C(OS(c1ccc(C2CCCCC2)cc1)(c1ccc(C2CCCCC2)cc1)c1ccc(C2CCCCC2)cc1)c1ccccc1O. The Morgan fingerprint density at radius 2 is 0.830 bits per heavy atom. The first-order valence-corrected chi connectivity index (χ1v) is 19.8. The van der Waals surface area contributed by atoms with Gasteiger partial charge >= 0.3 is 5.97 Å². The first-order chi connectivity index (χ1) is 23.1. The minimum atomic E-state index is -2.50. The molecule has 0 aromatic heterocycles. The third kappa shape index (κ3) is 6.90. The molecule has 0 amide bonds. The smallest absolute Gasteiger partial charge is 0.353 e. The Bertz CT molecular complexity index is 1460. The van der Waals surface area contributed by atoms with E-state index in [1.54, 1.807) is 24.3 Å². The van der Waals surface area contributed by atoms with Crippen LogP contribution in [-0.2, 0) is 4.18 Å². The van der Waals surface area contributed by atoms with E-state index in [1.807, 2.05) is 0 Å². The standard InChI is InChI=1S/C43H50O3S/c44-42-19-11-10-18-41(42)43(45)46-47(38-26-20-35(21-27-38)32-12-4-1-5-13-32,39-28-22-36(23-29-39)33-14-6-2-7-15-33)40-30-24-37(25-31-40)34-16-8-3-9-17-34/h10-11,18-34,44H,1-9,12-17H2. The average molecular weight is 647 g/mol. The summed E-state index contributed by atoms with van der Waals surface area (Å²) in [6.07, 6.45) is 19.2. The summed E-state index contributed by atoms with van der Waals surface area (Å²) >= 11 is 0. The van der Waals surface area contributed by atoms with Crippen molar-refractivity contribution in [1.29, 1.82) is 0 Å². The summed E-state index contributed by atoms with van der Waals surface area (Å²) in [5, 5.41) is 10.7. The Balaban J connectivity index is 1.35. The highest BCUT2D eigenvalue weighted by Crippen LogP contribution is 2.69. The van der Waals surface area contributed by atoms with Crippen LogP contribution in [0.25, 0.3) is 0 Å². The fraction of sp³-hybridized carbons (Fsp3) is 0.419. The molecule has 7 rings (SSSR count). The molecule has 0 saturated heterocycles. The molecule has 3 aliphatic carbocycles. The third-order valence-electron chi connectivity index (χ3n) is 11.2. The van der Waals surface area contributed by atoms with E-state index in [1.165, 1.54) is 113 Å². The van der Waals surface area contributed by atoms with Gasteiger partial charge in [-0.2, -0.15) is 0 Å². The number of carbonyl (C=O) groups excluding carboxylic acids is 1. The van der Waals surface area contributed by atoms with Crippen molar-refractivity contribution in [2.75, 3.05) is 0 Å². The van der Waals surface area contributed by atoms with Crippen molar-refractivity contribution in [3.63, 3.8) is 0 Å². The lowest BCUT2D eigenvalue weighted by Crippen LogP contribution is -2.15. The highest BCUT2D eigenvalue weighted by molar-refractivity contribution is 8.30. The van der Waals surface area contributed by atoms with E-state index in [0.717, 1.165) is 14.7 Å². The zero-order valence-electron chi connectivity index (χ0n) is 27.7. The molecule has 3 saturated carbocycles. The van der Waals surface area contributed by atoms with Gasteiger partial charge in [0.05, 0.1) is 0 Å². The molecule has 47 heavy (non-hydrogen) atoms. The Morgan fingerprint density at radius 1 is 0.489 bits per heavy atom. The molecule has 246 valence electrons. The maximum Gasteiger partial charge on any atom is 0.353 e. The predicted molar refractivity (Wildman–Crippen MR) is 193 cm³/mol. The molecule has 3 aliphatic rings. The van der Waals surface area contributed by atoms with Gasteiger partial charge in [-0.3, -0.25) is 0 Å². The number of rotatable bonds is 8. The van der Waals surface area contributed by atoms with Gasteiger partial charge in [-0.1, -0.05) is 106 Å². The minimum Gasteiger partial charge on any atom is -0.507 e. The number of carbonyl (C=O) groups is 1. The van der Waals surface area contributed by atoms with E-state index in [2.05, 4.69) is 72.8 Å². The van der Waals surface area contributed by atoms with Crippen LogP contribution in [0.2, 0.25) is 0 Å². The van der Waals surface area contributed by atoms with Crippen LogP contribution in [-0.4, -0.2) is 11.1 Å². The fourth-order valence-electron chi connectivity index (χ4n) is 8.46. The first kappa shape index (κ1) is 32.1. The van der Waals surface area contributed by atoms with E-state index >= 15 is 0 Å². The Kier molecular flexibility index (Phi) is 10.0. The number of aromatic hydroxyl groups is 1. The van der Waals surface area contributed by atoms with E-state index in [9.17, 15) is 9.90 Å². The molecular weight excluding hydrogens is 597 g/mol. The minimum absolute atomic E-state index is 0.0567. The summed E-state index contributed by atoms with van der Waals surface area (Å²) in [4.78, 5) is 17.2. The molecule has 0 heterocycles. The number of phenols is 1. The van der Waals surface area contributed by atoms with Crippen LogP contribution < -0.4 is 0 Å². The Labute approximate surface area is 283 Å². The van der Waals surface area contributed by atoms with Gasteiger partial charge in [0.25, 0.3) is 0 Å². The number of para-hydroxylation sites is 1. The first-order valence-electron chi connectivity index (χ1n) is 18.3. The van der Waals surface area contributed by atoms with Crippen LogP contribution in [0.4, 0.5) is 0 Å². The molecule has 4 heteroatoms. The van der Waals surface area contributed by atoms with Crippen LogP contribution in [0.15, 0.2) is 112 Å². The monoisotopic (exact) mass is 646 g/mol. The second kappa shape index (κ2) is 14.7. The molecule has 4 aromatic rings. The van der Waals surface area contributed by atoms with Gasteiger partial charge in [0.2, 0.25) is 0 Å². The third-order valence-corrected chi connectivity index (χ3v) is 14.4. The maximum atomic E-state index is 14.2. The maximum absolute atomic E-state index is 14.2. The second-order valence-corrected chi connectivity index (χ2v) is 16.8. The molecule has 3 fully saturated rings. The molecule has 1 N–H and O–H groups in total. The Hall–Kier alpha value is -3.50. The van der Waals surface area contributed by atoms with E-state index in [0.29, 0.717) is 17.8 Å². The van der Waals surface area contributed by atoms with Crippen molar-refractivity contribution in [2.45, 2.75) is 129 Å². The zero-order chi connectivity index (χ0) is 32.1. The predicted octanol–water partition coefficient (Wildman–Crippen LogP) is 12.6. The van der Waals surface area contributed by atoms with Crippen LogP contribution in [0.5, 0.6) is 5.75 Å². The lowest BCUT2D eigenvalue weighted by molar-refractivity contribution is 0.0754. The van der Waals surface area contributed by atoms with Gasteiger partial charge in [0.15, 0.2) is 0 Å². The van der Waals surface area contributed by atoms with Crippen LogP contribution in [0.1, 0.15) is 141 Å². The van der Waals surface area contributed by atoms with Gasteiger partial charge in [0, 0.05) is 14.7 Å². The van der Waals surface area contributed by atoms with Crippen molar-refractivity contribution >= 4 is 16.3 Å². The van der Waals surface area contributed by atoms with Crippen LogP contribution in [0, 0.1) is 0 Å². The second-order valence-electron chi connectivity index (χ2n) is 14.2. The van der Waals surface area contributed by atoms with E-state index in [4.69, 9.17) is 4.18 Å². The molecule has 0 unspecified atom stereocenters. The molecule has 0 radical (unpaired) electrons. The van der Waals surface area contributed by atoms with Gasteiger partial charge < -0.3 is 9.29 Å². The van der Waals surface area contributed by atoms with Crippen LogP contribution in [0.3, 0.4) is 0 Å². The van der Waals surface area contributed by atoms with Crippen molar-refractivity contribution in [2.24, 2.45) is 0 Å². The quantitative estimate of drug-likeness (QED) is 0.207. The van der Waals surface area contributed by atoms with Crippen molar-refractivity contribution in [3.05, 3.63) is 119 Å². The Morgan fingerprint density at radius 3 is 1.17 bits per heavy atom. The van der Waals surface area contributed by atoms with Crippen molar-refractivity contribution in [3.8, 4) is 5.75 Å². The fourth-order valence-corrected chi connectivity index (χ4v) is 11.4. The molecule has 0 aliphatic heterocycles. The average Bonchev–Trinajstić information content (AvgIpc) is 3.15. The van der Waals surface area contributed by atoms with E-state index < -0.39 is 16.3 Å². The van der Waals surface area contributed by atoms with Crippen molar-refractivity contribution in [1.82, 2.24) is 0 Å². The molecule has 0 atom stereocenters. The zero-order valence-corrected chi connectivity index (χ0v) is 28.6. The van der Waals surface area contributed by atoms with Crippen molar-refractivity contribution < 1.29 is 14.1 Å². The molecule has 0 bridgehead atoms. The summed E-state index contributed by atoms with van der Waals surface area (Å²) in [7, 11) is -2.50. The van der Waals surface area contributed by atoms with Gasteiger partial charge in [-0.15, -0.1) is 0 Å². The van der Waals surface area contributed by atoms with E-state index in [-0.39, 0.29) is 11.3 Å². The summed E-state index contributed by atoms with van der Waals surface area (Å²) in [6, 6.07) is 33.8. The summed E-state index contributed by atoms with van der Waals surface area (Å²) in [5.41, 5.74) is 4.35. The molecular formula is C43H50O3S. The molecule has 4 aromatic carbocycles. The lowest BCUT2D eigenvalue weighted by atomic mass is 9.84. The highest BCUT2D eigenvalue weighted by Gasteiger charge is 2.37. The van der Waals surface area contributed by atoms with Gasteiger partial charge in [-0.05, 0) is 132 Å². The number of hydrogen-bond acceptors (Lipinski definition) is 3. The summed E-state index contributed by atoms with van der Waals surface area (Å²) in [6.45, 7) is 0. The number of hydrogen-bond donors (Lipinski definition) is 1. The van der Waals surface area contributed by atoms with Crippen LogP contribution >= 0.6 is 10.3 Å². The van der Waals surface area contributed by atoms with Gasteiger partial charge in [0.1, 0.15) is 11.3 Å². The summed E-state index contributed by atoms with van der Waals surface area (Å²) in [5.74, 6) is 1.22.